The third-order valence-electron chi connectivity index (χ3n) is 2.62. The quantitative estimate of drug-likeness (QED) is 0.659. The van der Waals surface area contributed by atoms with Gasteiger partial charge in [0.15, 0.2) is 0 Å². The smallest absolute Gasteiger partial charge is 0.149 e. The van der Waals surface area contributed by atoms with Crippen molar-refractivity contribution in [3.05, 3.63) is 11.3 Å². The zero-order chi connectivity index (χ0) is 9.64. The number of aryl methyl sites for hydroxylation is 1. The van der Waals surface area contributed by atoms with Gasteiger partial charge in [0, 0.05) is 17.8 Å². The molecule has 0 radical (unpaired) electrons. The molecule has 0 bridgehead atoms. The second kappa shape index (κ2) is 2.50. The predicted octanol–water partition coefficient (Wildman–Crippen LogP) is 1.71. The molecule has 72 valence electrons. The molecular formula is C10H17N3. The van der Waals surface area contributed by atoms with Crippen molar-refractivity contribution in [2.75, 3.05) is 5.73 Å². The van der Waals surface area contributed by atoms with E-state index in [2.05, 4.69) is 30.6 Å². The molecule has 0 spiro atoms. The Balaban J connectivity index is 2.56. The van der Waals surface area contributed by atoms with Gasteiger partial charge in [0.25, 0.3) is 0 Å². The van der Waals surface area contributed by atoms with Crippen LogP contribution in [-0.4, -0.2) is 9.78 Å². The number of nitrogens with zero attached hydrogens (tertiary/aromatic N) is 2. The molecule has 1 aromatic heterocycles. The van der Waals surface area contributed by atoms with Crippen LogP contribution in [0.5, 0.6) is 0 Å². The van der Waals surface area contributed by atoms with E-state index in [-0.39, 0.29) is 5.41 Å². The van der Waals surface area contributed by atoms with Crippen molar-refractivity contribution in [1.82, 2.24) is 9.78 Å². The van der Waals surface area contributed by atoms with Crippen LogP contribution in [0.3, 0.4) is 0 Å². The third kappa shape index (κ3) is 1.23. The monoisotopic (exact) mass is 179 g/mol. The van der Waals surface area contributed by atoms with E-state index in [9.17, 15) is 0 Å². The number of nitrogen functional groups attached to an aromatic ring is 1. The average Bonchev–Trinajstić information content (AvgIpc) is 2.41. The molecule has 0 saturated heterocycles. The van der Waals surface area contributed by atoms with E-state index >= 15 is 0 Å². The second-order valence-electron chi connectivity index (χ2n) is 4.78. The summed E-state index contributed by atoms with van der Waals surface area (Å²) in [6.07, 6.45) is 2.35. The largest absolute Gasteiger partial charge is 0.382 e. The highest BCUT2D eigenvalue weighted by Crippen LogP contribution is 2.33. The Bertz CT molecular complexity index is 331. The first-order valence-corrected chi connectivity index (χ1v) is 4.86. The highest BCUT2D eigenvalue weighted by atomic mass is 15.3. The van der Waals surface area contributed by atoms with Crippen molar-refractivity contribution < 1.29 is 0 Å². The first-order chi connectivity index (χ1) is 6.00. The fourth-order valence-electron chi connectivity index (χ4n) is 2.17. The van der Waals surface area contributed by atoms with E-state index in [1.165, 1.54) is 17.7 Å². The van der Waals surface area contributed by atoms with Crippen molar-refractivity contribution in [1.29, 1.82) is 0 Å². The van der Waals surface area contributed by atoms with Crippen LogP contribution in [0, 0.1) is 0 Å². The molecule has 1 aliphatic heterocycles. The molecule has 2 rings (SSSR count). The molecule has 1 aromatic rings. The Morgan fingerprint density at radius 3 is 2.69 bits per heavy atom. The van der Waals surface area contributed by atoms with E-state index in [1.807, 2.05) is 0 Å². The fourth-order valence-corrected chi connectivity index (χ4v) is 2.17. The summed E-state index contributed by atoms with van der Waals surface area (Å²) < 4.78 is 2.07. The van der Waals surface area contributed by atoms with Crippen molar-refractivity contribution in [3.63, 3.8) is 0 Å². The number of hydrogen-bond donors (Lipinski definition) is 1. The minimum absolute atomic E-state index is 0.127. The van der Waals surface area contributed by atoms with Gasteiger partial charge in [-0.1, -0.05) is 20.8 Å². The molecule has 0 atom stereocenters. The van der Waals surface area contributed by atoms with Gasteiger partial charge in [0.1, 0.15) is 5.82 Å². The summed E-state index contributed by atoms with van der Waals surface area (Å²) in [6, 6.07) is 0. The molecule has 2 N–H and O–H groups in total. The maximum Gasteiger partial charge on any atom is 0.149 e. The summed E-state index contributed by atoms with van der Waals surface area (Å²) in [5.41, 5.74) is 8.64. The Morgan fingerprint density at radius 1 is 1.38 bits per heavy atom. The first kappa shape index (κ1) is 8.60. The number of aromatic nitrogens is 2. The summed E-state index contributed by atoms with van der Waals surface area (Å²) >= 11 is 0. The van der Waals surface area contributed by atoms with Crippen LogP contribution < -0.4 is 5.73 Å². The van der Waals surface area contributed by atoms with Gasteiger partial charge in [-0.2, -0.15) is 5.10 Å². The lowest BCUT2D eigenvalue weighted by molar-refractivity contribution is 0.585. The van der Waals surface area contributed by atoms with Gasteiger partial charge in [-0.25, -0.2) is 0 Å². The second-order valence-corrected chi connectivity index (χ2v) is 4.78. The summed E-state index contributed by atoms with van der Waals surface area (Å²) in [4.78, 5) is 0. The van der Waals surface area contributed by atoms with Gasteiger partial charge < -0.3 is 5.73 Å². The molecule has 3 heteroatoms. The van der Waals surface area contributed by atoms with E-state index in [1.54, 1.807) is 0 Å². The Morgan fingerprint density at radius 2 is 2.08 bits per heavy atom. The van der Waals surface area contributed by atoms with Crippen LogP contribution >= 0.6 is 0 Å². The molecule has 0 unspecified atom stereocenters. The molecule has 0 saturated carbocycles. The molecule has 13 heavy (non-hydrogen) atoms. The standard InChI is InChI=1S/C10H17N3/c1-10(2,3)8-7-5-4-6-13(7)12-9(8)11/h4-6H2,1-3H3,(H2,11,12). The van der Waals surface area contributed by atoms with Crippen molar-refractivity contribution in [3.8, 4) is 0 Å². The number of hydrogen-bond acceptors (Lipinski definition) is 2. The number of fused-ring (bicyclic) bond motifs is 1. The fraction of sp³-hybridized carbons (Fsp3) is 0.700. The molecule has 0 aliphatic carbocycles. The Labute approximate surface area is 78.9 Å². The number of anilines is 1. The van der Waals surface area contributed by atoms with E-state index in [4.69, 9.17) is 5.73 Å². The molecule has 2 heterocycles. The van der Waals surface area contributed by atoms with Gasteiger partial charge in [-0.15, -0.1) is 0 Å². The minimum atomic E-state index is 0.127. The maximum absolute atomic E-state index is 5.91. The zero-order valence-electron chi connectivity index (χ0n) is 8.59. The number of rotatable bonds is 0. The predicted molar refractivity (Wildman–Crippen MR) is 53.7 cm³/mol. The average molecular weight is 179 g/mol. The highest BCUT2D eigenvalue weighted by Gasteiger charge is 2.28. The normalized spacial score (nSPS) is 16.2. The van der Waals surface area contributed by atoms with Gasteiger partial charge >= 0.3 is 0 Å². The molecule has 1 aliphatic rings. The van der Waals surface area contributed by atoms with Crippen LogP contribution in [0.2, 0.25) is 0 Å². The lowest BCUT2D eigenvalue weighted by Gasteiger charge is -2.18. The van der Waals surface area contributed by atoms with Gasteiger partial charge in [0.2, 0.25) is 0 Å². The summed E-state index contributed by atoms with van der Waals surface area (Å²) in [5.74, 6) is 0.724. The lowest BCUT2D eigenvalue weighted by atomic mass is 9.86. The van der Waals surface area contributed by atoms with Gasteiger partial charge in [0.05, 0.1) is 0 Å². The first-order valence-electron chi connectivity index (χ1n) is 4.86. The number of nitrogens with two attached hydrogens (primary N) is 1. The molecular weight excluding hydrogens is 162 g/mol. The Hall–Kier alpha value is -0.990. The van der Waals surface area contributed by atoms with Crippen molar-refractivity contribution in [2.45, 2.75) is 45.6 Å². The summed E-state index contributed by atoms with van der Waals surface area (Å²) in [6.45, 7) is 7.62. The molecule has 0 aromatic carbocycles. The van der Waals surface area contributed by atoms with E-state index in [0.29, 0.717) is 0 Å². The minimum Gasteiger partial charge on any atom is -0.382 e. The van der Waals surface area contributed by atoms with Crippen LogP contribution in [-0.2, 0) is 18.4 Å². The highest BCUT2D eigenvalue weighted by molar-refractivity contribution is 5.48. The van der Waals surface area contributed by atoms with Crippen LogP contribution in [0.4, 0.5) is 5.82 Å². The van der Waals surface area contributed by atoms with E-state index in [0.717, 1.165) is 18.8 Å². The third-order valence-corrected chi connectivity index (χ3v) is 2.62. The SMILES string of the molecule is CC(C)(C)c1c(N)nn2c1CCC2. The summed E-state index contributed by atoms with van der Waals surface area (Å²) in [7, 11) is 0. The molecule has 0 amide bonds. The topological polar surface area (TPSA) is 43.8 Å². The van der Waals surface area contributed by atoms with Crippen LogP contribution in [0.25, 0.3) is 0 Å². The van der Waals surface area contributed by atoms with E-state index < -0.39 is 0 Å². The maximum atomic E-state index is 5.91. The van der Waals surface area contributed by atoms with Gasteiger partial charge in [-0.3, -0.25) is 4.68 Å². The van der Waals surface area contributed by atoms with Crippen molar-refractivity contribution in [2.24, 2.45) is 0 Å². The van der Waals surface area contributed by atoms with Crippen LogP contribution in [0.15, 0.2) is 0 Å². The summed E-state index contributed by atoms with van der Waals surface area (Å²) in [5, 5.41) is 4.35. The lowest BCUT2D eigenvalue weighted by Crippen LogP contribution is -2.14. The molecule has 3 nitrogen and oxygen atoms in total. The van der Waals surface area contributed by atoms with Gasteiger partial charge in [-0.05, 0) is 18.3 Å². The van der Waals surface area contributed by atoms with Crippen LogP contribution in [0.1, 0.15) is 38.4 Å². The Kier molecular flexibility index (Phi) is 1.65. The van der Waals surface area contributed by atoms with Crippen molar-refractivity contribution >= 4 is 5.82 Å². The zero-order valence-corrected chi connectivity index (χ0v) is 8.59. The molecule has 0 fully saturated rings.